The molecule has 2 heterocycles. The number of rotatable bonds is 4. The smallest absolute Gasteiger partial charge is 0.261 e. The van der Waals surface area contributed by atoms with Crippen molar-refractivity contribution in [2.24, 2.45) is 0 Å². The highest BCUT2D eigenvalue weighted by Crippen LogP contribution is 2.27. The lowest BCUT2D eigenvalue weighted by Gasteiger charge is -2.03. The van der Waals surface area contributed by atoms with Crippen LogP contribution in [0.4, 0.5) is 9.52 Å². The molecule has 0 saturated heterocycles. The summed E-state index contributed by atoms with van der Waals surface area (Å²) in [5, 5.41) is 3.10. The zero-order valence-corrected chi connectivity index (χ0v) is 16.5. The predicted molar refractivity (Wildman–Crippen MR) is 107 cm³/mol. The van der Waals surface area contributed by atoms with Crippen LogP contribution in [0, 0.1) is 12.7 Å². The Morgan fingerprint density at radius 3 is 2.62 bits per heavy atom. The third kappa shape index (κ3) is 3.42. The molecular weight excluding hydrogens is 393 g/mol. The standard InChI is InChI=1S/C21H16FN3O3S/c1-11-17(10-12-5-3-4-6-16(12)22)29-21(23-11)24-18(26)13-7-8-14-15(9-13)20(28)25(2)19(14)27/h3-9H,10H2,1-2H3,(H,23,24,26). The Labute approximate surface area is 170 Å². The highest BCUT2D eigenvalue weighted by Gasteiger charge is 2.33. The average molecular weight is 409 g/mol. The first kappa shape index (κ1) is 18.9. The number of thiazole rings is 1. The van der Waals surface area contributed by atoms with Gasteiger partial charge in [-0.15, -0.1) is 11.3 Å². The number of anilines is 1. The van der Waals surface area contributed by atoms with Crippen LogP contribution in [0.15, 0.2) is 42.5 Å². The van der Waals surface area contributed by atoms with Crippen LogP contribution in [-0.4, -0.2) is 34.7 Å². The highest BCUT2D eigenvalue weighted by molar-refractivity contribution is 7.15. The molecule has 2 aromatic carbocycles. The van der Waals surface area contributed by atoms with Gasteiger partial charge < -0.3 is 0 Å². The maximum Gasteiger partial charge on any atom is 0.261 e. The number of fused-ring (bicyclic) bond motifs is 1. The summed E-state index contributed by atoms with van der Waals surface area (Å²) in [6, 6.07) is 10.9. The second kappa shape index (κ2) is 7.21. The van der Waals surface area contributed by atoms with Crippen molar-refractivity contribution in [2.75, 3.05) is 12.4 Å². The molecule has 146 valence electrons. The number of carbonyl (C=O) groups excluding carboxylic acids is 3. The molecule has 6 nitrogen and oxygen atoms in total. The summed E-state index contributed by atoms with van der Waals surface area (Å²) in [5.74, 6) is -1.54. The molecule has 1 aromatic heterocycles. The Morgan fingerprint density at radius 1 is 1.14 bits per heavy atom. The molecule has 1 aliphatic heterocycles. The molecule has 0 aliphatic carbocycles. The van der Waals surface area contributed by atoms with Crippen LogP contribution in [0.25, 0.3) is 0 Å². The van der Waals surface area contributed by atoms with E-state index in [1.807, 2.05) is 0 Å². The molecule has 0 fully saturated rings. The molecule has 29 heavy (non-hydrogen) atoms. The molecule has 1 N–H and O–H groups in total. The number of amides is 3. The number of aryl methyl sites for hydroxylation is 1. The Morgan fingerprint density at radius 2 is 1.86 bits per heavy atom. The fraction of sp³-hybridized carbons (Fsp3) is 0.143. The molecule has 0 saturated carbocycles. The lowest BCUT2D eigenvalue weighted by atomic mass is 10.1. The van der Waals surface area contributed by atoms with E-state index in [1.54, 1.807) is 25.1 Å². The van der Waals surface area contributed by atoms with Crippen molar-refractivity contribution in [1.82, 2.24) is 9.88 Å². The molecule has 0 atom stereocenters. The van der Waals surface area contributed by atoms with Gasteiger partial charge in [-0.1, -0.05) is 18.2 Å². The normalized spacial score (nSPS) is 13.0. The van der Waals surface area contributed by atoms with Crippen molar-refractivity contribution in [3.63, 3.8) is 0 Å². The van der Waals surface area contributed by atoms with Gasteiger partial charge in [0.25, 0.3) is 17.7 Å². The van der Waals surface area contributed by atoms with E-state index in [4.69, 9.17) is 0 Å². The van der Waals surface area contributed by atoms with Gasteiger partial charge in [0.2, 0.25) is 0 Å². The molecule has 8 heteroatoms. The van der Waals surface area contributed by atoms with Gasteiger partial charge in [-0.05, 0) is 36.8 Å². The van der Waals surface area contributed by atoms with Gasteiger partial charge >= 0.3 is 0 Å². The first-order valence-electron chi connectivity index (χ1n) is 8.82. The summed E-state index contributed by atoms with van der Waals surface area (Å²) in [5.41, 5.74) is 2.02. The summed E-state index contributed by atoms with van der Waals surface area (Å²) in [6.07, 6.45) is 0.383. The van der Waals surface area contributed by atoms with Crippen LogP contribution < -0.4 is 5.32 Å². The molecular formula is C21H16FN3O3S. The predicted octanol–water partition coefficient (Wildman–Crippen LogP) is 3.66. The monoisotopic (exact) mass is 409 g/mol. The minimum Gasteiger partial charge on any atom is -0.298 e. The Bertz CT molecular complexity index is 1170. The zero-order chi connectivity index (χ0) is 20.7. The SMILES string of the molecule is Cc1nc(NC(=O)c2ccc3c(c2)C(=O)N(C)C3=O)sc1Cc1ccccc1F. The van der Waals surface area contributed by atoms with E-state index in [1.165, 1.54) is 42.6 Å². The van der Waals surface area contributed by atoms with Gasteiger partial charge in [-0.2, -0.15) is 0 Å². The molecule has 0 unspecified atom stereocenters. The maximum atomic E-state index is 13.9. The van der Waals surface area contributed by atoms with Crippen molar-refractivity contribution in [3.8, 4) is 0 Å². The van der Waals surface area contributed by atoms with Crippen molar-refractivity contribution >= 4 is 34.2 Å². The van der Waals surface area contributed by atoms with E-state index in [0.717, 1.165) is 9.78 Å². The van der Waals surface area contributed by atoms with E-state index < -0.39 is 11.8 Å². The van der Waals surface area contributed by atoms with Gasteiger partial charge in [-0.25, -0.2) is 9.37 Å². The zero-order valence-electron chi connectivity index (χ0n) is 15.7. The molecule has 0 bridgehead atoms. The van der Waals surface area contributed by atoms with E-state index in [-0.39, 0.29) is 28.4 Å². The second-order valence-corrected chi connectivity index (χ2v) is 7.76. The first-order valence-corrected chi connectivity index (χ1v) is 9.64. The molecule has 4 rings (SSSR count). The van der Waals surface area contributed by atoms with Crippen LogP contribution >= 0.6 is 11.3 Å². The summed E-state index contributed by atoms with van der Waals surface area (Å²) in [7, 11) is 1.40. The number of benzene rings is 2. The number of hydrogen-bond acceptors (Lipinski definition) is 5. The number of nitrogens with zero attached hydrogens (tertiary/aromatic N) is 2. The third-order valence-electron chi connectivity index (χ3n) is 4.77. The summed E-state index contributed by atoms with van der Waals surface area (Å²) in [6.45, 7) is 1.80. The van der Waals surface area contributed by atoms with Gasteiger partial charge in [0.15, 0.2) is 5.13 Å². The van der Waals surface area contributed by atoms with E-state index >= 15 is 0 Å². The topological polar surface area (TPSA) is 79.4 Å². The Hall–Kier alpha value is -3.39. The lowest BCUT2D eigenvalue weighted by molar-refractivity contribution is 0.0693. The molecule has 3 amide bonds. The highest BCUT2D eigenvalue weighted by atomic mass is 32.1. The largest absolute Gasteiger partial charge is 0.298 e. The number of nitrogens with one attached hydrogen (secondary N) is 1. The molecule has 0 radical (unpaired) electrons. The van der Waals surface area contributed by atoms with Crippen LogP contribution in [0.3, 0.4) is 0 Å². The molecule has 0 spiro atoms. The fourth-order valence-corrected chi connectivity index (χ4v) is 4.11. The summed E-state index contributed by atoms with van der Waals surface area (Å²) in [4.78, 5) is 42.9. The fourth-order valence-electron chi connectivity index (χ4n) is 3.13. The number of aromatic nitrogens is 1. The van der Waals surface area contributed by atoms with Gasteiger partial charge in [-0.3, -0.25) is 24.6 Å². The van der Waals surface area contributed by atoms with E-state index in [2.05, 4.69) is 10.3 Å². The first-order chi connectivity index (χ1) is 13.8. The molecule has 1 aliphatic rings. The van der Waals surface area contributed by atoms with Crippen molar-refractivity contribution in [3.05, 3.63) is 81.1 Å². The molecule has 3 aromatic rings. The number of imide groups is 1. The van der Waals surface area contributed by atoms with Crippen LogP contribution in [-0.2, 0) is 6.42 Å². The van der Waals surface area contributed by atoms with Gasteiger partial charge in [0.05, 0.1) is 16.8 Å². The Balaban J connectivity index is 1.54. The van der Waals surface area contributed by atoms with Crippen molar-refractivity contribution in [2.45, 2.75) is 13.3 Å². The minimum absolute atomic E-state index is 0.209. The number of hydrogen-bond donors (Lipinski definition) is 1. The van der Waals surface area contributed by atoms with Crippen molar-refractivity contribution < 1.29 is 18.8 Å². The van der Waals surface area contributed by atoms with Crippen LogP contribution in [0.5, 0.6) is 0 Å². The summed E-state index contributed by atoms with van der Waals surface area (Å²) >= 11 is 1.27. The van der Waals surface area contributed by atoms with Crippen LogP contribution in [0.1, 0.15) is 47.2 Å². The number of halogens is 1. The summed E-state index contributed by atoms with van der Waals surface area (Å²) < 4.78 is 13.9. The Kier molecular flexibility index (Phi) is 4.71. The van der Waals surface area contributed by atoms with Gasteiger partial charge in [0.1, 0.15) is 5.82 Å². The number of carbonyl (C=O) groups is 3. The van der Waals surface area contributed by atoms with Crippen LogP contribution in [0.2, 0.25) is 0 Å². The van der Waals surface area contributed by atoms with E-state index in [0.29, 0.717) is 22.8 Å². The minimum atomic E-state index is -0.436. The maximum absolute atomic E-state index is 13.9. The third-order valence-corrected chi connectivity index (χ3v) is 5.85. The van der Waals surface area contributed by atoms with Gasteiger partial charge in [0, 0.05) is 23.9 Å². The average Bonchev–Trinajstić information content (AvgIpc) is 3.15. The van der Waals surface area contributed by atoms with Crippen molar-refractivity contribution in [1.29, 1.82) is 0 Å². The quantitative estimate of drug-likeness (QED) is 0.667. The lowest BCUT2D eigenvalue weighted by Crippen LogP contribution is -2.24. The van der Waals surface area contributed by atoms with E-state index in [9.17, 15) is 18.8 Å². The second-order valence-electron chi connectivity index (χ2n) is 6.68.